The van der Waals surface area contributed by atoms with Crippen LogP contribution in [0, 0.1) is 19.8 Å². The maximum atomic E-state index is 12.9. The van der Waals surface area contributed by atoms with Crippen LogP contribution in [0.5, 0.6) is 0 Å². The van der Waals surface area contributed by atoms with E-state index in [0.29, 0.717) is 23.4 Å². The first-order chi connectivity index (χ1) is 14.7. The third-order valence-electron chi connectivity index (χ3n) is 5.82. The van der Waals surface area contributed by atoms with Crippen LogP contribution in [0.1, 0.15) is 47.7 Å². The lowest BCUT2D eigenvalue weighted by Gasteiger charge is -2.30. The molecule has 0 radical (unpaired) electrons. The number of benzene rings is 2. The quantitative estimate of drug-likeness (QED) is 0.606. The molecule has 168 valence electrons. The van der Waals surface area contributed by atoms with Crippen molar-refractivity contribution in [1.29, 1.82) is 0 Å². The van der Waals surface area contributed by atoms with Gasteiger partial charge in [-0.2, -0.15) is 0 Å². The molecule has 1 heterocycles. The molecule has 0 saturated carbocycles. The Kier molecular flexibility index (Phi) is 7.73. The van der Waals surface area contributed by atoms with Crippen LogP contribution in [-0.4, -0.2) is 45.4 Å². The van der Waals surface area contributed by atoms with Crippen molar-refractivity contribution in [3.63, 3.8) is 0 Å². The number of anilines is 1. The number of nitrogens with one attached hydrogen (secondary N) is 2. The predicted molar refractivity (Wildman–Crippen MR) is 125 cm³/mol. The monoisotopic (exact) mass is 443 g/mol. The topological polar surface area (TPSA) is 78.5 Å². The number of hydrogen-bond acceptors (Lipinski definition) is 4. The Morgan fingerprint density at radius 1 is 1.10 bits per heavy atom. The summed E-state index contributed by atoms with van der Waals surface area (Å²) in [7, 11) is -3.80. The van der Waals surface area contributed by atoms with Crippen molar-refractivity contribution in [3.8, 4) is 0 Å². The minimum atomic E-state index is -3.80. The highest BCUT2D eigenvalue weighted by Crippen LogP contribution is 2.21. The molecule has 1 saturated heterocycles. The van der Waals surface area contributed by atoms with Crippen LogP contribution in [0.3, 0.4) is 0 Å². The highest BCUT2D eigenvalue weighted by molar-refractivity contribution is 7.92. The van der Waals surface area contributed by atoms with Crippen molar-refractivity contribution < 1.29 is 13.2 Å². The summed E-state index contributed by atoms with van der Waals surface area (Å²) in [5.41, 5.74) is 2.41. The van der Waals surface area contributed by atoms with Crippen molar-refractivity contribution in [3.05, 3.63) is 59.2 Å². The molecular weight excluding hydrogens is 410 g/mol. The molecule has 6 nitrogen and oxygen atoms in total. The zero-order valence-electron chi connectivity index (χ0n) is 18.6. The first-order valence-electron chi connectivity index (χ1n) is 11.0. The lowest BCUT2D eigenvalue weighted by Crippen LogP contribution is -2.35. The fourth-order valence-corrected chi connectivity index (χ4v) is 5.16. The molecule has 0 atom stereocenters. The van der Waals surface area contributed by atoms with E-state index in [0.717, 1.165) is 37.5 Å². The van der Waals surface area contributed by atoms with Crippen molar-refractivity contribution >= 4 is 21.6 Å². The summed E-state index contributed by atoms with van der Waals surface area (Å²) >= 11 is 0. The van der Waals surface area contributed by atoms with E-state index in [1.54, 1.807) is 37.3 Å². The van der Waals surface area contributed by atoms with Crippen molar-refractivity contribution in [2.24, 2.45) is 5.92 Å². The van der Waals surface area contributed by atoms with Gasteiger partial charge in [0.25, 0.3) is 15.9 Å². The second-order valence-electron chi connectivity index (χ2n) is 8.59. The van der Waals surface area contributed by atoms with Crippen LogP contribution < -0.4 is 10.0 Å². The Bertz CT molecular complexity index is 1010. The van der Waals surface area contributed by atoms with Gasteiger partial charge in [0, 0.05) is 17.8 Å². The molecule has 0 unspecified atom stereocenters. The van der Waals surface area contributed by atoms with E-state index in [1.165, 1.54) is 18.9 Å². The van der Waals surface area contributed by atoms with Gasteiger partial charge in [-0.05, 0) is 94.1 Å². The summed E-state index contributed by atoms with van der Waals surface area (Å²) in [6, 6.07) is 12.0. The van der Waals surface area contributed by atoms with Gasteiger partial charge in [0.1, 0.15) is 0 Å². The number of nitrogens with zero attached hydrogens (tertiary/aromatic N) is 1. The lowest BCUT2D eigenvalue weighted by atomic mass is 9.99. The van der Waals surface area contributed by atoms with Crippen LogP contribution in [-0.2, 0) is 10.0 Å². The molecular formula is C24H33N3O3S. The Balaban J connectivity index is 1.59. The van der Waals surface area contributed by atoms with Crippen molar-refractivity contribution in [2.75, 3.05) is 30.9 Å². The summed E-state index contributed by atoms with van der Waals surface area (Å²) in [6.07, 6.45) is 3.36. The number of likely N-dealkylation sites (tertiary alicyclic amines) is 1. The minimum Gasteiger partial charge on any atom is -0.352 e. The van der Waals surface area contributed by atoms with E-state index >= 15 is 0 Å². The average molecular weight is 444 g/mol. The summed E-state index contributed by atoms with van der Waals surface area (Å²) in [6.45, 7) is 9.73. The number of rotatable bonds is 8. The molecule has 1 amide bonds. The largest absolute Gasteiger partial charge is 0.352 e. The van der Waals surface area contributed by atoms with E-state index in [2.05, 4.69) is 21.9 Å². The molecule has 2 aromatic rings. The van der Waals surface area contributed by atoms with Gasteiger partial charge in [-0.1, -0.05) is 25.1 Å². The SMILES string of the molecule is Cc1cccc(NS(=O)(=O)c2cc(C(=O)NCCCN3CCC(C)CC3)ccc2C)c1. The molecule has 1 fully saturated rings. The maximum Gasteiger partial charge on any atom is 0.262 e. The summed E-state index contributed by atoms with van der Waals surface area (Å²) in [4.78, 5) is 15.2. The van der Waals surface area contributed by atoms with Gasteiger partial charge in [0.05, 0.1) is 4.90 Å². The van der Waals surface area contributed by atoms with Gasteiger partial charge in [0.15, 0.2) is 0 Å². The van der Waals surface area contributed by atoms with Gasteiger partial charge in [-0.15, -0.1) is 0 Å². The van der Waals surface area contributed by atoms with E-state index in [-0.39, 0.29) is 10.8 Å². The van der Waals surface area contributed by atoms with E-state index < -0.39 is 10.0 Å². The zero-order valence-corrected chi connectivity index (χ0v) is 19.5. The van der Waals surface area contributed by atoms with Crippen molar-refractivity contribution in [2.45, 2.75) is 44.9 Å². The Morgan fingerprint density at radius 2 is 1.84 bits per heavy atom. The normalized spacial score (nSPS) is 15.6. The minimum absolute atomic E-state index is 0.115. The van der Waals surface area contributed by atoms with Crippen LogP contribution in [0.2, 0.25) is 0 Å². The molecule has 0 spiro atoms. The molecule has 2 N–H and O–H groups in total. The van der Waals surface area contributed by atoms with Crippen LogP contribution in [0.15, 0.2) is 47.4 Å². The number of aryl methyl sites for hydroxylation is 2. The number of hydrogen-bond donors (Lipinski definition) is 2. The third-order valence-corrected chi connectivity index (χ3v) is 7.35. The fourth-order valence-electron chi connectivity index (χ4n) is 3.84. The van der Waals surface area contributed by atoms with Crippen LogP contribution >= 0.6 is 0 Å². The Morgan fingerprint density at radius 3 is 2.55 bits per heavy atom. The lowest BCUT2D eigenvalue weighted by molar-refractivity contribution is 0.0950. The first-order valence-corrected chi connectivity index (χ1v) is 12.4. The highest BCUT2D eigenvalue weighted by Gasteiger charge is 2.20. The number of sulfonamides is 1. The summed E-state index contributed by atoms with van der Waals surface area (Å²) in [5, 5.41) is 2.92. The van der Waals surface area contributed by atoms with E-state index in [1.807, 2.05) is 13.0 Å². The van der Waals surface area contributed by atoms with Gasteiger partial charge >= 0.3 is 0 Å². The second-order valence-corrected chi connectivity index (χ2v) is 10.2. The van der Waals surface area contributed by atoms with Crippen LogP contribution in [0.4, 0.5) is 5.69 Å². The van der Waals surface area contributed by atoms with Gasteiger partial charge < -0.3 is 10.2 Å². The second kappa shape index (κ2) is 10.3. The standard InChI is InChI=1S/C24H33N3O3S/c1-18-10-14-27(15-11-18)13-5-12-25-24(28)21-9-8-20(3)23(17-21)31(29,30)26-22-7-4-6-19(2)16-22/h4,6-9,16-18,26H,5,10-15H2,1-3H3,(H,25,28). The highest BCUT2D eigenvalue weighted by atomic mass is 32.2. The van der Waals surface area contributed by atoms with Crippen LogP contribution in [0.25, 0.3) is 0 Å². The molecule has 0 bridgehead atoms. The molecule has 0 aromatic heterocycles. The fraction of sp³-hybridized carbons (Fsp3) is 0.458. The molecule has 3 rings (SSSR count). The third kappa shape index (κ3) is 6.55. The number of carbonyl (C=O) groups excluding carboxylic acids is 1. The molecule has 0 aliphatic carbocycles. The average Bonchev–Trinajstić information content (AvgIpc) is 2.72. The van der Waals surface area contributed by atoms with Crippen molar-refractivity contribution in [1.82, 2.24) is 10.2 Å². The van der Waals surface area contributed by atoms with Gasteiger partial charge in [0.2, 0.25) is 0 Å². The molecule has 1 aliphatic heterocycles. The summed E-state index contributed by atoms with van der Waals surface area (Å²) < 4.78 is 28.4. The first kappa shape index (κ1) is 23.3. The Hall–Kier alpha value is -2.38. The predicted octanol–water partition coefficient (Wildman–Crippen LogP) is 3.96. The van der Waals surface area contributed by atoms with E-state index in [4.69, 9.17) is 0 Å². The molecule has 7 heteroatoms. The number of carbonyl (C=O) groups is 1. The molecule has 2 aromatic carbocycles. The number of amides is 1. The number of piperidine rings is 1. The smallest absolute Gasteiger partial charge is 0.262 e. The molecule has 31 heavy (non-hydrogen) atoms. The molecule has 1 aliphatic rings. The Labute approximate surface area is 186 Å². The zero-order chi connectivity index (χ0) is 22.4. The van der Waals surface area contributed by atoms with E-state index in [9.17, 15) is 13.2 Å². The van der Waals surface area contributed by atoms with Gasteiger partial charge in [-0.25, -0.2) is 8.42 Å². The van der Waals surface area contributed by atoms with Gasteiger partial charge in [-0.3, -0.25) is 9.52 Å². The maximum absolute atomic E-state index is 12.9. The summed E-state index contributed by atoms with van der Waals surface area (Å²) in [5.74, 6) is 0.558.